The van der Waals surface area contributed by atoms with Crippen LogP contribution in [0.2, 0.25) is 0 Å². The van der Waals surface area contributed by atoms with Crippen LogP contribution in [0.5, 0.6) is 11.5 Å². The van der Waals surface area contributed by atoms with Gasteiger partial charge in [-0.1, -0.05) is 0 Å². The number of hydrogen-bond acceptors (Lipinski definition) is 5. The highest BCUT2D eigenvalue weighted by Gasteiger charge is 2.18. The van der Waals surface area contributed by atoms with E-state index >= 15 is 0 Å². The molecule has 0 saturated heterocycles. The fourth-order valence-electron chi connectivity index (χ4n) is 1.73. The van der Waals surface area contributed by atoms with Crippen LogP contribution in [0.15, 0.2) is 12.1 Å². The summed E-state index contributed by atoms with van der Waals surface area (Å²) in [6, 6.07) is 3.82. The molecule has 1 aromatic rings. The molecule has 3 N–H and O–H groups in total. The molecule has 1 aliphatic rings. The lowest BCUT2D eigenvalue weighted by Gasteiger charge is -2.14. The Hall–Kier alpha value is -1.46. The molecule has 88 valence electrons. The van der Waals surface area contributed by atoms with E-state index in [2.05, 4.69) is 5.32 Å². The van der Waals surface area contributed by atoms with E-state index in [1.807, 2.05) is 19.2 Å². The standard InChI is InChI=1S/C11H16N2O3/c1-13-10(14-2)5-7-3-8(12)11-9(4-7)15-6-16-11/h3-4,10,13H,5-6,12H2,1-2H3. The summed E-state index contributed by atoms with van der Waals surface area (Å²) in [4.78, 5) is 0. The van der Waals surface area contributed by atoms with Crippen molar-refractivity contribution in [3.63, 3.8) is 0 Å². The van der Waals surface area contributed by atoms with Gasteiger partial charge in [-0.05, 0) is 24.7 Å². The highest BCUT2D eigenvalue weighted by molar-refractivity contribution is 5.63. The Bertz CT molecular complexity index is 378. The van der Waals surface area contributed by atoms with Crippen LogP contribution < -0.4 is 20.5 Å². The average molecular weight is 224 g/mol. The van der Waals surface area contributed by atoms with Crippen molar-refractivity contribution in [2.45, 2.75) is 12.6 Å². The molecule has 0 radical (unpaired) electrons. The number of hydrogen-bond donors (Lipinski definition) is 2. The van der Waals surface area contributed by atoms with Crippen LogP contribution in [0, 0.1) is 0 Å². The summed E-state index contributed by atoms with van der Waals surface area (Å²) in [6.07, 6.45) is 0.702. The first kappa shape index (κ1) is 11.0. The van der Waals surface area contributed by atoms with Gasteiger partial charge in [0, 0.05) is 13.5 Å². The fraction of sp³-hybridized carbons (Fsp3) is 0.455. The lowest BCUT2D eigenvalue weighted by Crippen LogP contribution is -2.29. The highest BCUT2D eigenvalue weighted by Crippen LogP contribution is 2.38. The van der Waals surface area contributed by atoms with Gasteiger partial charge in [-0.3, -0.25) is 5.32 Å². The number of fused-ring (bicyclic) bond motifs is 1. The first-order chi connectivity index (χ1) is 7.74. The predicted octanol–water partition coefficient (Wildman–Crippen LogP) is 0.732. The van der Waals surface area contributed by atoms with Gasteiger partial charge in [-0.2, -0.15) is 0 Å². The monoisotopic (exact) mass is 224 g/mol. The number of ether oxygens (including phenoxy) is 3. The van der Waals surface area contributed by atoms with Gasteiger partial charge in [-0.15, -0.1) is 0 Å². The third-order valence-electron chi connectivity index (χ3n) is 2.59. The third kappa shape index (κ3) is 2.05. The molecule has 16 heavy (non-hydrogen) atoms. The van der Waals surface area contributed by atoms with E-state index in [0.29, 0.717) is 17.2 Å². The first-order valence-electron chi connectivity index (χ1n) is 5.12. The van der Waals surface area contributed by atoms with Gasteiger partial charge in [0.2, 0.25) is 6.79 Å². The van der Waals surface area contributed by atoms with Gasteiger partial charge < -0.3 is 19.9 Å². The van der Waals surface area contributed by atoms with Crippen molar-refractivity contribution in [3.8, 4) is 11.5 Å². The zero-order chi connectivity index (χ0) is 11.5. The topological polar surface area (TPSA) is 65.7 Å². The number of nitrogens with one attached hydrogen (secondary N) is 1. The Labute approximate surface area is 94.5 Å². The molecule has 1 aromatic carbocycles. The minimum absolute atomic E-state index is 0.0280. The van der Waals surface area contributed by atoms with E-state index in [-0.39, 0.29) is 13.0 Å². The number of rotatable bonds is 4. The van der Waals surface area contributed by atoms with E-state index < -0.39 is 0 Å². The van der Waals surface area contributed by atoms with Crippen LogP contribution in [0.1, 0.15) is 5.56 Å². The summed E-state index contributed by atoms with van der Waals surface area (Å²) in [5, 5.41) is 3.05. The van der Waals surface area contributed by atoms with E-state index in [9.17, 15) is 0 Å². The van der Waals surface area contributed by atoms with Crippen LogP contribution in [0.25, 0.3) is 0 Å². The Morgan fingerprint density at radius 2 is 2.31 bits per heavy atom. The normalized spacial score (nSPS) is 15.1. The number of benzene rings is 1. The van der Waals surface area contributed by atoms with Crippen molar-refractivity contribution >= 4 is 5.69 Å². The lowest BCUT2D eigenvalue weighted by atomic mass is 10.1. The summed E-state index contributed by atoms with van der Waals surface area (Å²) in [5.74, 6) is 1.35. The second kappa shape index (κ2) is 4.59. The van der Waals surface area contributed by atoms with Crippen molar-refractivity contribution in [2.75, 3.05) is 26.7 Å². The van der Waals surface area contributed by atoms with Gasteiger partial charge in [0.05, 0.1) is 5.69 Å². The second-order valence-electron chi connectivity index (χ2n) is 3.64. The molecule has 1 aliphatic heterocycles. The summed E-state index contributed by atoms with van der Waals surface area (Å²) in [5.41, 5.74) is 7.53. The molecule has 5 nitrogen and oxygen atoms in total. The Morgan fingerprint density at radius 1 is 1.50 bits per heavy atom. The van der Waals surface area contributed by atoms with Gasteiger partial charge in [0.1, 0.15) is 6.23 Å². The van der Waals surface area contributed by atoms with E-state index in [1.165, 1.54) is 0 Å². The Kier molecular flexibility index (Phi) is 3.17. The zero-order valence-electron chi connectivity index (χ0n) is 9.45. The lowest BCUT2D eigenvalue weighted by molar-refractivity contribution is 0.0812. The maximum Gasteiger partial charge on any atom is 0.231 e. The number of nitrogen functional groups attached to an aromatic ring is 1. The van der Waals surface area contributed by atoms with E-state index in [0.717, 1.165) is 12.0 Å². The molecular weight excluding hydrogens is 208 g/mol. The van der Waals surface area contributed by atoms with Crippen molar-refractivity contribution < 1.29 is 14.2 Å². The maximum atomic E-state index is 5.87. The molecule has 0 spiro atoms. The second-order valence-corrected chi connectivity index (χ2v) is 3.64. The summed E-state index contributed by atoms with van der Waals surface area (Å²) >= 11 is 0. The Morgan fingerprint density at radius 3 is 3.00 bits per heavy atom. The van der Waals surface area contributed by atoms with Gasteiger partial charge >= 0.3 is 0 Å². The molecule has 1 atom stereocenters. The van der Waals surface area contributed by atoms with E-state index in [1.54, 1.807) is 7.11 Å². The van der Waals surface area contributed by atoms with Crippen molar-refractivity contribution in [2.24, 2.45) is 0 Å². The van der Waals surface area contributed by atoms with E-state index in [4.69, 9.17) is 19.9 Å². The molecule has 0 amide bonds. The summed E-state index contributed by atoms with van der Waals surface area (Å²) in [6.45, 7) is 0.239. The van der Waals surface area contributed by atoms with Gasteiger partial charge in [0.25, 0.3) is 0 Å². The zero-order valence-corrected chi connectivity index (χ0v) is 9.45. The number of nitrogens with two attached hydrogens (primary N) is 1. The van der Waals surface area contributed by atoms with Crippen LogP contribution in [-0.2, 0) is 11.2 Å². The van der Waals surface area contributed by atoms with Crippen molar-refractivity contribution in [1.82, 2.24) is 5.32 Å². The van der Waals surface area contributed by atoms with Crippen LogP contribution in [-0.4, -0.2) is 27.2 Å². The van der Waals surface area contributed by atoms with Crippen LogP contribution >= 0.6 is 0 Å². The Balaban J connectivity index is 2.20. The van der Waals surface area contributed by atoms with Crippen LogP contribution in [0.4, 0.5) is 5.69 Å². The molecule has 0 fully saturated rings. The molecule has 0 aliphatic carbocycles. The molecule has 0 bridgehead atoms. The highest BCUT2D eigenvalue weighted by atomic mass is 16.7. The predicted molar refractivity (Wildman–Crippen MR) is 60.5 cm³/mol. The quantitative estimate of drug-likeness (QED) is 0.583. The van der Waals surface area contributed by atoms with Crippen molar-refractivity contribution in [1.29, 1.82) is 0 Å². The van der Waals surface area contributed by atoms with Crippen LogP contribution in [0.3, 0.4) is 0 Å². The molecule has 1 heterocycles. The number of likely N-dealkylation sites (N-methyl/N-ethyl adjacent to an activating group) is 1. The van der Waals surface area contributed by atoms with Gasteiger partial charge in [0.15, 0.2) is 11.5 Å². The van der Waals surface area contributed by atoms with Crippen molar-refractivity contribution in [3.05, 3.63) is 17.7 Å². The third-order valence-corrected chi connectivity index (χ3v) is 2.59. The smallest absolute Gasteiger partial charge is 0.231 e. The number of anilines is 1. The SMILES string of the molecule is CNC(Cc1cc(N)c2c(c1)OCO2)OC. The first-order valence-corrected chi connectivity index (χ1v) is 5.12. The largest absolute Gasteiger partial charge is 0.453 e. The summed E-state index contributed by atoms with van der Waals surface area (Å²) < 4.78 is 15.8. The molecular formula is C11H16N2O3. The maximum absolute atomic E-state index is 5.87. The fourth-order valence-corrected chi connectivity index (χ4v) is 1.73. The van der Waals surface area contributed by atoms with Gasteiger partial charge in [-0.25, -0.2) is 0 Å². The molecule has 1 unspecified atom stereocenters. The molecule has 2 rings (SSSR count). The minimum atomic E-state index is -0.0280. The summed E-state index contributed by atoms with van der Waals surface area (Å²) in [7, 11) is 3.52. The number of methoxy groups -OCH3 is 1. The molecule has 5 heteroatoms. The molecule has 0 aromatic heterocycles. The minimum Gasteiger partial charge on any atom is -0.453 e. The molecule has 0 saturated carbocycles. The average Bonchev–Trinajstić information content (AvgIpc) is 2.74.